The number of hydrogen-bond donors (Lipinski definition) is 0. The summed E-state index contributed by atoms with van der Waals surface area (Å²) in [6, 6.07) is 9.64. The van der Waals surface area contributed by atoms with Gasteiger partial charge in [-0.25, -0.2) is 4.68 Å². The van der Waals surface area contributed by atoms with Gasteiger partial charge in [-0.2, -0.15) is 13.2 Å². The first-order valence-corrected chi connectivity index (χ1v) is 7.81. The van der Waals surface area contributed by atoms with E-state index >= 15 is 0 Å². The van der Waals surface area contributed by atoms with Crippen molar-refractivity contribution in [3.8, 4) is 22.7 Å². The summed E-state index contributed by atoms with van der Waals surface area (Å²) in [5.74, 6) is 0.679. The normalized spacial score (nSPS) is 11.4. The van der Waals surface area contributed by atoms with E-state index in [1.807, 2.05) is 6.92 Å². The molecule has 0 atom stereocenters. The lowest BCUT2D eigenvalue weighted by molar-refractivity contribution is -0.388. The number of alkyl halides is 3. The molecule has 3 aromatic rings. The minimum atomic E-state index is -4.86. The van der Waals surface area contributed by atoms with Crippen LogP contribution in [-0.2, 0) is 6.18 Å². The summed E-state index contributed by atoms with van der Waals surface area (Å²) >= 11 is 0. The van der Waals surface area contributed by atoms with E-state index in [9.17, 15) is 23.3 Å². The number of ether oxygens (including phenoxy) is 1. The Balaban J connectivity index is 1.95. The molecule has 0 aliphatic heterocycles. The number of benzene rings is 2. The fourth-order valence-corrected chi connectivity index (χ4v) is 2.46. The van der Waals surface area contributed by atoms with Crippen LogP contribution in [0.2, 0.25) is 0 Å². The minimum absolute atomic E-state index is 0.0117. The molecular weight excluding hydrogens is 365 g/mol. The standard InChI is InChI=1S/C17H13F3N4O3/c1-2-27-13-6-3-11(4-7-13)15-10-23(22-21-15)12-5-8-16(24(25)26)14(9-12)17(18,19)20/h3-10H,2H2,1H3. The number of nitrogens with zero attached hydrogens (tertiary/aromatic N) is 4. The number of hydrogen-bond acceptors (Lipinski definition) is 5. The zero-order valence-corrected chi connectivity index (χ0v) is 14.0. The molecule has 0 saturated heterocycles. The Kier molecular flexibility index (Phi) is 4.80. The van der Waals surface area contributed by atoms with Crippen molar-refractivity contribution < 1.29 is 22.8 Å². The van der Waals surface area contributed by atoms with Crippen LogP contribution in [0.4, 0.5) is 18.9 Å². The Morgan fingerprint density at radius 2 is 1.89 bits per heavy atom. The number of nitro benzene ring substituents is 1. The van der Waals surface area contributed by atoms with Crippen molar-refractivity contribution in [3.63, 3.8) is 0 Å². The van der Waals surface area contributed by atoms with Crippen molar-refractivity contribution in [2.24, 2.45) is 0 Å². The monoisotopic (exact) mass is 378 g/mol. The Bertz CT molecular complexity index is 968. The molecule has 27 heavy (non-hydrogen) atoms. The molecule has 0 unspecified atom stereocenters. The highest BCUT2D eigenvalue weighted by Gasteiger charge is 2.38. The Morgan fingerprint density at radius 1 is 1.19 bits per heavy atom. The maximum atomic E-state index is 13.1. The molecule has 2 aromatic carbocycles. The van der Waals surface area contributed by atoms with Crippen LogP contribution >= 0.6 is 0 Å². The second-order valence-electron chi connectivity index (χ2n) is 5.46. The van der Waals surface area contributed by atoms with Crippen LogP contribution in [0.1, 0.15) is 12.5 Å². The second kappa shape index (κ2) is 7.06. The van der Waals surface area contributed by atoms with Crippen molar-refractivity contribution in [1.29, 1.82) is 0 Å². The zero-order valence-electron chi connectivity index (χ0n) is 14.0. The van der Waals surface area contributed by atoms with Crippen molar-refractivity contribution in [2.45, 2.75) is 13.1 Å². The minimum Gasteiger partial charge on any atom is -0.494 e. The van der Waals surface area contributed by atoms with Crippen molar-refractivity contribution in [3.05, 3.63) is 64.3 Å². The molecule has 0 aliphatic rings. The van der Waals surface area contributed by atoms with Gasteiger partial charge in [0.2, 0.25) is 0 Å². The first kappa shape index (κ1) is 18.4. The summed E-state index contributed by atoms with van der Waals surface area (Å²) in [6.07, 6.45) is -3.42. The van der Waals surface area contributed by atoms with Gasteiger partial charge >= 0.3 is 6.18 Å². The van der Waals surface area contributed by atoms with Gasteiger partial charge in [-0.05, 0) is 43.3 Å². The van der Waals surface area contributed by atoms with Crippen LogP contribution in [0.15, 0.2) is 48.7 Å². The van der Waals surface area contributed by atoms with Gasteiger partial charge in [-0.3, -0.25) is 10.1 Å². The van der Waals surface area contributed by atoms with Crippen molar-refractivity contribution in [1.82, 2.24) is 15.0 Å². The molecule has 10 heteroatoms. The molecule has 3 rings (SSSR count). The van der Waals surface area contributed by atoms with Gasteiger partial charge in [0, 0.05) is 11.6 Å². The average Bonchev–Trinajstić information content (AvgIpc) is 3.11. The summed E-state index contributed by atoms with van der Waals surface area (Å²) in [6.45, 7) is 2.39. The van der Waals surface area contributed by atoms with E-state index in [1.54, 1.807) is 24.3 Å². The molecule has 1 heterocycles. The second-order valence-corrected chi connectivity index (χ2v) is 5.46. The summed E-state index contributed by atoms with van der Waals surface area (Å²) in [7, 11) is 0. The molecular formula is C17H13F3N4O3. The lowest BCUT2D eigenvalue weighted by Crippen LogP contribution is -2.10. The Hall–Kier alpha value is -3.43. The summed E-state index contributed by atoms with van der Waals surface area (Å²) in [4.78, 5) is 9.77. The van der Waals surface area contributed by atoms with Gasteiger partial charge in [-0.1, -0.05) is 5.21 Å². The molecule has 1 aromatic heterocycles. The quantitative estimate of drug-likeness (QED) is 0.489. The number of rotatable bonds is 5. The highest BCUT2D eigenvalue weighted by Crippen LogP contribution is 2.37. The molecule has 7 nitrogen and oxygen atoms in total. The summed E-state index contributed by atoms with van der Waals surface area (Å²) in [5, 5.41) is 18.6. The van der Waals surface area contributed by atoms with E-state index in [4.69, 9.17) is 4.74 Å². The fourth-order valence-electron chi connectivity index (χ4n) is 2.46. The number of halogens is 3. The molecule has 0 amide bonds. The third kappa shape index (κ3) is 3.89. The number of nitro groups is 1. The molecule has 0 bridgehead atoms. The van der Waals surface area contributed by atoms with Crippen LogP contribution in [0.25, 0.3) is 16.9 Å². The van der Waals surface area contributed by atoms with E-state index in [-0.39, 0.29) is 5.69 Å². The van der Waals surface area contributed by atoms with Gasteiger partial charge in [0.05, 0.1) is 23.4 Å². The molecule has 0 aliphatic carbocycles. The molecule has 0 saturated carbocycles. The molecule has 0 spiro atoms. The predicted octanol–water partition coefficient (Wildman–Crippen LogP) is 4.26. The summed E-state index contributed by atoms with van der Waals surface area (Å²) in [5.41, 5.74) is -1.22. The lowest BCUT2D eigenvalue weighted by atomic mass is 10.1. The maximum absolute atomic E-state index is 13.1. The van der Waals surface area contributed by atoms with Crippen molar-refractivity contribution >= 4 is 5.69 Å². The third-order valence-corrected chi connectivity index (χ3v) is 3.70. The fraction of sp³-hybridized carbons (Fsp3) is 0.176. The van der Waals surface area contributed by atoms with E-state index < -0.39 is 22.4 Å². The van der Waals surface area contributed by atoms with Crippen LogP contribution in [-0.4, -0.2) is 26.5 Å². The van der Waals surface area contributed by atoms with Gasteiger partial charge in [0.1, 0.15) is 17.0 Å². The van der Waals surface area contributed by atoms with Crippen molar-refractivity contribution in [2.75, 3.05) is 6.61 Å². The van der Waals surface area contributed by atoms with Gasteiger partial charge in [0.25, 0.3) is 5.69 Å². The molecule has 0 radical (unpaired) electrons. The third-order valence-electron chi connectivity index (χ3n) is 3.70. The lowest BCUT2D eigenvalue weighted by Gasteiger charge is -2.09. The van der Waals surface area contributed by atoms with Gasteiger partial charge in [-0.15, -0.1) is 5.10 Å². The SMILES string of the molecule is CCOc1ccc(-c2cn(-c3ccc([N+](=O)[O-])c(C(F)(F)F)c3)nn2)cc1. The highest BCUT2D eigenvalue weighted by atomic mass is 19.4. The van der Waals surface area contributed by atoms with Crippen LogP contribution in [0, 0.1) is 10.1 Å². The van der Waals surface area contributed by atoms with Crippen LogP contribution in [0.3, 0.4) is 0 Å². The van der Waals surface area contributed by atoms with Gasteiger partial charge in [0.15, 0.2) is 0 Å². The van der Waals surface area contributed by atoms with Gasteiger partial charge < -0.3 is 4.74 Å². The van der Waals surface area contributed by atoms with Crippen LogP contribution in [0.5, 0.6) is 5.75 Å². The smallest absolute Gasteiger partial charge is 0.423 e. The average molecular weight is 378 g/mol. The Labute approximate surface area is 151 Å². The number of aromatic nitrogens is 3. The zero-order chi connectivity index (χ0) is 19.6. The predicted molar refractivity (Wildman–Crippen MR) is 89.6 cm³/mol. The first-order chi connectivity index (χ1) is 12.8. The van der Waals surface area contributed by atoms with E-state index in [2.05, 4.69) is 10.3 Å². The van der Waals surface area contributed by atoms with E-state index in [0.29, 0.717) is 29.7 Å². The van der Waals surface area contributed by atoms with E-state index in [0.717, 1.165) is 10.7 Å². The molecule has 0 N–H and O–H groups in total. The van der Waals surface area contributed by atoms with Crippen LogP contribution < -0.4 is 4.74 Å². The largest absolute Gasteiger partial charge is 0.494 e. The maximum Gasteiger partial charge on any atom is 0.423 e. The molecule has 0 fully saturated rings. The highest BCUT2D eigenvalue weighted by molar-refractivity contribution is 5.59. The van der Waals surface area contributed by atoms with E-state index in [1.165, 1.54) is 12.3 Å². The Morgan fingerprint density at radius 3 is 2.48 bits per heavy atom. The topological polar surface area (TPSA) is 83.1 Å². The first-order valence-electron chi connectivity index (χ1n) is 7.81. The summed E-state index contributed by atoms with van der Waals surface area (Å²) < 4.78 is 45.8. The molecule has 140 valence electrons.